The molecule has 0 saturated carbocycles. The second-order valence-corrected chi connectivity index (χ2v) is 5.35. The van der Waals surface area contributed by atoms with Crippen LogP contribution in [-0.2, 0) is 6.61 Å². The summed E-state index contributed by atoms with van der Waals surface area (Å²) in [5.74, 6) is 0.413. The second-order valence-electron chi connectivity index (χ2n) is 4.91. The monoisotopic (exact) mass is 310 g/mol. The summed E-state index contributed by atoms with van der Waals surface area (Å²) >= 11 is 5.96. The fourth-order valence-electron chi connectivity index (χ4n) is 2.54. The molecule has 6 heteroatoms. The van der Waals surface area contributed by atoms with Crippen LogP contribution in [0.5, 0.6) is 0 Å². The summed E-state index contributed by atoms with van der Waals surface area (Å²) in [6.45, 7) is -0.216. The first-order valence-corrected chi connectivity index (χ1v) is 7.15. The Hall–Kier alpha value is -2.50. The summed E-state index contributed by atoms with van der Waals surface area (Å²) in [6, 6.07) is 15.4. The van der Waals surface area contributed by atoms with Crippen LogP contribution in [0.2, 0.25) is 5.02 Å². The predicted molar refractivity (Wildman–Crippen MR) is 84.7 cm³/mol. The van der Waals surface area contributed by atoms with Crippen LogP contribution < -0.4 is 0 Å². The number of nitrogens with zero attached hydrogens (tertiary/aromatic N) is 4. The van der Waals surface area contributed by atoms with Crippen molar-refractivity contribution in [3.8, 4) is 11.3 Å². The van der Waals surface area contributed by atoms with Crippen molar-refractivity contribution in [3.63, 3.8) is 0 Å². The number of hydrogen-bond donors (Lipinski definition) is 1. The molecule has 4 rings (SSSR count). The zero-order valence-electron chi connectivity index (χ0n) is 11.4. The first-order valence-electron chi connectivity index (χ1n) is 6.78. The van der Waals surface area contributed by atoms with Gasteiger partial charge in [-0.3, -0.25) is 0 Å². The van der Waals surface area contributed by atoms with Crippen molar-refractivity contribution in [2.45, 2.75) is 6.61 Å². The minimum absolute atomic E-state index is 0.216. The lowest BCUT2D eigenvalue weighted by Gasteiger charge is -2.08. The van der Waals surface area contributed by atoms with Crippen molar-refractivity contribution in [2.75, 3.05) is 0 Å². The van der Waals surface area contributed by atoms with Gasteiger partial charge in [-0.15, -0.1) is 10.2 Å². The molecule has 0 spiro atoms. The van der Waals surface area contributed by atoms with Crippen LogP contribution >= 0.6 is 11.6 Å². The Balaban J connectivity index is 2.12. The molecular formula is C16H11ClN4O. The third-order valence-electron chi connectivity index (χ3n) is 3.59. The van der Waals surface area contributed by atoms with Gasteiger partial charge in [-0.2, -0.15) is 9.61 Å². The standard InChI is InChI=1S/C16H11ClN4O/c17-11-7-5-10(6-8-11)15-12-3-1-2-4-13(12)16-19-18-14(9-22)21(16)20-15/h1-8,22H,9H2. The van der Waals surface area contributed by atoms with E-state index in [-0.39, 0.29) is 6.61 Å². The molecule has 0 radical (unpaired) electrons. The van der Waals surface area contributed by atoms with Crippen molar-refractivity contribution >= 4 is 28.0 Å². The molecule has 5 nitrogen and oxygen atoms in total. The van der Waals surface area contributed by atoms with Crippen LogP contribution in [-0.4, -0.2) is 24.9 Å². The maximum Gasteiger partial charge on any atom is 0.185 e. The average molecular weight is 311 g/mol. The average Bonchev–Trinajstić information content (AvgIpc) is 2.98. The molecule has 0 bridgehead atoms. The molecule has 2 aromatic carbocycles. The van der Waals surface area contributed by atoms with Gasteiger partial charge < -0.3 is 5.11 Å². The van der Waals surface area contributed by atoms with Gasteiger partial charge in [0.2, 0.25) is 0 Å². The lowest BCUT2D eigenvalue weighted by molar-refractivity contribution is 0.268. The Labute approximate surface area is 130 Å². The van der Waals surface area contributed by atoms with Crippen molar-refractivity contribution in [3.05, 3.63) is 59.4 Å². The van der Waals surface area contributed by atoms with Gasteiger partial charge in [-0.05, 0) is 12.1 Å². The number of aromatic nitrogens is 4. The Morgan fingerprint density at radius 3 is 2.41 bits per heavy atom. The van der Waals surface area contributed by atoms with E-state index in [1.54, 1.807) is 4.52 Å². The summed E-state index contributed by atoms with van der Waals surface area (Å²) in [7, 11) is 0. The lowest BCUT2D eigenvalue weighted by atomic mass is 10.1. The van der Waals surface area contributed by atoms with Gasteiger partial charge in [0.25, 0.3) is 0 Å². The Kier molecular flexibility index (Phi) is 3.03. The number of benzene rings is 2. The maximum absolute atomic E-state index is 9.41. The normalized spacial score (nSPS) is 11.4. The van der Waals surface area contributed by atoms with Crippen molar-refractivity contribution in [1.29, 1.82) is 0 Å². The van der Waals surface area contributed by atoms with E-state index >= 15 is 0 Å². The van der Waals surface area contributed by atoms with Crippen molar-refractivity contribution < 1.29 is 5.11 Å². The third kappa shape index (κ3) is 1.94. The quantitative estimate of drug-likeness (QED) is 0.618. The minimum Gasteiger partial charge on any atom is -0.388 e. The van der Waals surface area contributed by atoms with E-state index in [9.17, 15) is 5.11 Å². The molecule has 0 saturated heterocycles. The van der Waals surface area contributed by atoms with Gasteiger partial charge in [0.05, 0.1) is 5.69 Å². The maximum atomic E-state index is 9.41. The predicted octanol–water partition coefficient (Wildman–Crippen LogP) is 3.09. The largest absolute Gasteiger partial charge is 0.388 e. The van der Waals surface area contributed by atoms with E-state index in [0.717, 1.165) is 22.0 Å². The summed E-state index contributed by atoms with van der Waals surface area (Å²) < 4.78 is 1.59. The fourth-order valence-corrected chi connectivity index (χ4v) is 2.67. The van der Waals surface area contributed by atoms with E-state index in [2.05, 4.69) is 15.3 Å². The Bertz CT molecular complexity index is 979. The molecule has 2 aromatic heterocycles. The van der Waals surface area contributed by atoms with Crippen LogP contribution in [0.25, 0.3) is 27.7 Å². The molecule has 0 fully saturated rings. The summed E-state index contributed by atoms with van der Waals surface area (Å²) in [6.07, 6.45) is 0. The molecule has 4 aromatic rings. The van der Waals surface area contributed by atoms with Crippen LogP contribution in [0, 0.1) is 0 Å². The SMILES string of the molecule is OCc1nnc2c3ccccc3c(-c3ccc(Cl)cc3)nn12. The number of halogens is 1. The molecule has 2 heterocycles. The van der Waals surface area contributed by atoms with Gasteiger partial charge in [0, 0.05) is 21.4 Å². The smallest absolute Gasteiger partial charge is 0.185 e. The van der Waals surface area contributed by atoms with Crippen LogP contribution in [0.1, 0.15) is 5.82 Å². The Morgan fingerprint density at radius 1 is 0.955 bits per heavy atom. The first-order chi connectivity index (χ1) is 10.8. The highest BCUT2D eigenvalue weighted by atomic mass is 35.5. The molecule has 0 amide bonds. The molecule has 0 aliphatic carbocycles. The fraction of sp³-hybridized carbons (Fsp3) is 0.0625. The van der Waals surface area contributed by atoms with Gasteiger partial charge >= 0.3 is 0 Å². The Morgan fingerprint density at radius 2 is 1.68 bits per heavy atom. The van der Waals surface area contributed by atoms with Crippen LogP contribution in [0.3, 0.4) is 0 Å². The highest BCUT2D eigenvalue weighted by Crippen LogP contribution is 2.29. The summed E-state index contributed by atoms with van der Waals surface area (Å²) in [5, 5.41) is 24.8. The number of aliphatic hydroxyl groups is 1. The summed E-state index contributed by atoms with van der Waals surface area (Å²) in [5.41, 5.74) is 2.38. The second kappa shape index (κ2) is 5.05. The van der Waals surface area contributed by atoms with Crippen LogP contribution in [0.15, 0.2) is 48.5 Å². The molecule has 0 aliphatic heterocycles. The van der Waals surface area contributed by atoms with Gasteiger partial charge in [-0.1, -0.05) is 48.0 Å². The number of hydrogen-bond acceptors (Lipinski definition) is 4. The number of aliphatic hydroxyl groups excluding tert-OH is 1. The minimum atomic E-state index is -0.216. The lowest BCUT2D eigenvalue weighted by Crippen LogP contribution is -2.01. The molecule has 0 unspecified atom stereocenters. The van der Waals surface area contributed by atoms with E-state index in [1.807, 2.05) is 48.5 Å². The van der Waals surface area contributed by atoms with Crippen LogP contribution in [0.4, 0.5) is 0 Å². The zero-order valence-corrected chi connectivity index (χ0v) is 12.2. The molecular weight excluding hydrogens is 300 g/mol. The molecule has 1 N–H and O–H groups in total. The highest BCUT2D eigenvalue weighted by molar-refractivity contribution is 6.30. The molecule has 0 aliphatic rings. The topological polar surface area (TPSA) is 63.3 Å². The van der Waals surface area contributed by atoms with E-state index in [0.29, 0.717) is 16.5 Å². The molecule has 108 valence electrons. The highest BCUT2D eigenvalue weighted by Gasteiger charge is 2.14. The number of fused-ring (bicyclic) bond motifs is 3. The van der Waals surface area contributed by atoms with Crippen molar-refractivity contribution in [2.24, 2.45) is 0 Å². The zero-order chi connectivity index (χ0) is 15.1. The molecule has 22 heavy (non-hydrogen) atoms. The van der Waals surface area contributed by atoms with Gasteiger partial charge in [0.15, 0.2) is 11.5 Å². The van der Waals surface area contributed by atoms with E-state index in [1.165, 1.54) is 0 Å². The van der Waals surface area contributed by atoms with Crippen molar-refractivity contribution in [1.82, 2.24) is 19.8 Å². The molecule has 0 atom stereocenters. The third-order valence-corrected chi connectivity index (χ3v) is 3.84. The van der Waals surface area contributed by atoms with Gasteiger partial charge in [0.1, 0.15) is 6.61 Å². The van der Waals surface area contributed by atoms with E-state index in [4.69, 9.17) is 11.6 Å². The number of rotatable bonds is 2. The summed E-state index contributed by atoms with van der Waals surface area (Å²) in [4.78, 5) is 0. The first kappa shape index (κ1) is 13.2. The van der Waals surface area contributed by atoms with E-state index < -0.39 is 0 Å². The van der Waals surface area contributed by atoms with Gasteiger partial charge in [-0.25, -0.2) is 0 Å².